The van der Waals surface area contributed by atoms with Gasteiger partial charge in [0.2, 0.25) is 5.91 Å². The van der Waals surface area contributed by atoms with Gasteiger partial charge < -0.3 is 20.7 Å². The number of fused-ring (bicyclic) bond motifs is 1. The highest BCUT2D eigenvalue weighted by Crippen LogP contribution is 2.43. The number of hydrogen-bond acceptors (Lipinski definition) is 8. The van der Waals surface area contributed by atoms with Gasteiger partial charge in [0, 0.05) is 33.4 Å². The summed E-state index contributed by atoms with van der Waals surface area (Å²) in [4.78, 5) is 58.7. The van der Waals surface area contributed by atoms with E-state index in [1.165, 1.54) is 28.7 Å². The minimum absolute atomic E-state index is 0.0421. The SMILES string of the molecule is CCOC(=O)c1c(NC(=O)CSc2cccc(NC(=O)/C(=C/c3cccnc3)NC(=O)c3ccccc3)c2)sc2c1CCC(c1ccccc1)C2. The maximum atomic E-state index is 13.5. The number of nitrogens with one attached hydrogen (secondary N) is 3. The number of pyridine rings is 1. The van der Waals surface area contributed by atoms with Gasteiger partial charge in [0.25, 0.3) is 11.8 Å². The van der Waals surface area contributed by atoms with Crippen molar-refractivity contribution >= 4 is 63.6 Å². The maximum Gasteiger partial charge on any atom is 0.341 e. The van der Waals surface area contributed by atoms with Crippen LogP contribution in [-0.4, -0.2) is 41.0 Å². The van der Waals surface area contributed by atoms with Crippen molar-refractivity contribution < 1.29 is 23.9 Å². The van der Waals surface area contributed by atoms with Crippen LogP contribution in [0.25, 0.3) is 6.08 Å². The first kappa shape index (κ1) is 35.3. The van der Waals surface area contributed by atoms with Crippen molar-refractivity contribution in [3.8, 4) is 0 Å². The van der Waals surface area contributed by atoms with Gasteiger partial charge in [-0.05, 0) is 91.3 Å². The molecular weight excluding hydrogens is 681 g/mol. The van der Waals surface area contributed by atoms with Crippen LogP contribution >= 0.6 is 23.1 Å². The molecule has 1 unspecified atom stereocenters. The zero-order chi connectivity index (χ0) is 35.6. The fourth-order valence-electron chi connectivity index (χ4n) is 5.85. The molecule has 1 atom stereocenters. The van der Waals surface area contributed by atoms with Crippen LogP contribution in [0.2, 0.25) is 0 Å². The van der Waals surface area contributed by atoms with Crippen molar-refractivity contribution in [1.82, 2.24) is 10.3 Å². The summed E-state index contributed by atoms with van der Waals surface area (Å²) >= 11 is 2.75. The van der Waals surface area contributed by atoms with Crippen LogP contribution in [0.4, 0.5) is 10.7 Å². The summed E-state index contributed by atoms with van der Waals surface area (Å²) < 4.78 is 5.40. The van der Waals surface area contributed by atoms with Gasteiger partial charge in [-0.1, -0.05) is 60.7 Å². The smallest absolute Gasteiger partial charge is 0.341 e. The molecule has 6 rings (SSSR count). The van der Waals surface area contributed by atoms with E-state index < -0.39 is 17.8 Å². The second-order valence-corrected chi connectivity index (χ2v) is 13.9. The molecule has 0 bridgehead atoms. The summed E-state index contributed by atoms with van der Waals surface area (Å²) in [5.41, 5.74) is 4.27. The molecule has 0 spiro atoms. The molecule has 0 saturated carbocycles. The lowest BCUT2D eigenvalue weighted by Gasteiger charge is -2.23. The molecule has 51 heavy (non-hydrogen) atoms. The molecule has 11 heteroatoms. The van der Waals surface area contributed by atoms with E-state index in [2.05, 4.69) is 33.1 Å². The number of thiophene rings is 1. The van der Waals surface area contributed by atoms with Crippen LogP contribution in [0.15, 0.2) is 120 Å². The second-order valence-electron chi connectivity index (χ2n) is 11.8. The van der Waals surface area contributed by atoms with Crippen molar-refractivity contribution in [1.29, 1.82) is 0 Å². The number of carbonyl (C=O) groups excluding carboxylic acids is 4. The van der Waals surface area contributed by atoms with Crippen molar-refractivity contribution in [2.24, 2.45) is 0 Å². The van der Waals surface area contributed by atoms with Crippen LogP contribution in [0.3, 0.4) is 0 Å². The Hall–Kier alpha value is -5.52. The largest absolute Gasteiger partial charge is 0.462 e. The van der Waals surface area contributed by atoms with Gasteiger partial charge in [-0.25, -0.2) is 4.79 Å². The van der Waals surface area contributed by atoms with E-state index in [9.17, 15) is 19.2 Å². The van der Waals surface area contributed by atoms with Gasteiger partial charge in [-0.15, -0.1) is 23.1 Å². The lowest BCUT2D eigenvalue weighted by atomic mass is 9.83. The van der Waals surface area contributed by atoms with Gasteiger partial charge >= 0.3 is 5.97 Å². The minimum atomic E-state index is -0.523. The summed E-state index contributed by atoms with van der Waals surface area (Å²) in [6, 6.07) is 29.6. The predicted octanol–water partition coefficient (Wildman–Crippen LogP) is 7.73. The van der Waals surface area contributed by atoms with Gasteiger partial charge in [0.05, 0.1) is 17.9 Å². The number of nitrogens with zero attached hydrogens (tertiary/aromatic N) is 1. The number of hydrogen-bond donors (Lipinski definition) is 3. The van der Waals surface area contributed by atoms with Gasteiger partial charge in [0.1, 0.15) is 10.7 Å². The molecule has 9 nitrogen and oxygen atoms in total. The molecule has 0 radical (unpaired) electrons. The lowest BCUT2D eigenvalue weighted by molar-refractivity contribution is -0.114. The Bertz CT molecular complexity index is 2050. The summed E-state index contributed by atoms with van der Waals surface area (Å²) in [5, 5.41) is 9.08. The minimum Gasteiger partial charge on any atom is -0.462 e. The number of carbonyl (C=O) groups is 4. The molecule has 1 aliphatic carbocycles. The molecule has 2 aromatic heterocycles. The number of aromatic nitrogens is 1. The fraction of sp³-hybridized carbons (Fsp3) is 0.175. The summed E-state index contributed by atoms with van der Waals surface area (Å²) in [6.45, 7) is 2.01. The molecule has 0 fully saturated rings. The molecule has 3 N–H and O–H groups in total. The fourth-order valence-corrected chi connectivity index (χ4v) is 7.93. The summed E-state index contributed by atoms with van der Waals surface area (Å²) in [6.07, 6.45) is 7.22. The summed E-state index contributed by atoms with van der Waals surface area (Å²) in [5.74, 6) is -1.20. The average Bonchev–Trinajstić information content (AvgIpc) is 3.52. The molecule has 1 aliphatic rings. The first-order valence-electron chi connectivity index (χ1n) is 16.6. The van der Waals surface area contributed by atoms with Gasteiger partial charge in [-0.2, -0.15) is 0 Å². The zero-order valence-electron chi connectivity index (χ0n) is 27.9. The monoisotopic (exact) mass is 716 g/mol. The Morgan fingerprint density at radius 2 is 1.73 bits per heavy atom. The molecule has 258 valence electrons. The van der Waals surface area contributed by atoms with Crippen molar-refractivity contribution in [2.45, 2.75) is 37.0 Å². The third kappa shape index (κ3) is 9.19. The van der Waals surface area contributed by atoms with E-state index in [4.69, 9.17) is 4.74 Å². The first-order valence-corrected chi connectivity index (χ1v) is 18.4. The highest BCUT2D eigenvalue weighted by molar-refractivity contribution is 8.00. The Labute approximate surface area is 304 Å². The normalized spacial score (nSPS) is 13.8. The third-order valence-electron chi connectivity index (χ3n) is 8.25. The zero-order valence-corrected chi connectivity index (χ0v) is 29.5. The van der Waals surface area contributed by atoms with E-state index in [0.29, 0.717) is 33.3 Å². The van der Waals surface area contributed by atoms with Gasteiger partial charge in [-0.3, -0.25) is 19.4 Å². The van der Waals surface area contributed by atoms with Gasteiger partial charge in [0.15, 0.2) is 0 Å². The number of rotatable bonds is 12. The van der Waals surface area contributed by atoms with E-state index >= 15 is 0 Å². The number of ether oxygens (including phenoxy) is 1. The van der Waals surface area contributed by atoms with E-state index in [0.717, 1.165) is 34.6 Å². The van der Waals surface area contributed by atoms with E-state index in [1.807, 2.05) is 24.3 Å². The molecule has 0 saturated heterocycles. The molecular formula is C40H36N4O5S2. The highest BCUT2D eigenvalue weighted by atomic mass is 32.2. The van der Waals surface area contributed by atoms with E-state index in [-0.39, 0.29) is 24.0 Å². The highest BCUT2D eigenvalue weighted by Gasteiger charge is 2.31. The molecule has 2 heterocycles. The Morgan fingerprint density at radius 3 is 2.47 bits per heavy atom. The van der Waals surface area contributed by atoms with Crippen LogP contribution in [0, 0.1) is 0 Å². The molecule has 3 amide bonds. The molecule has 5 aromatic rings. The number of benzene rings is 3. The summed E-state index contributed by atoms with van der Waals surface area (Å²) in [7, 11) is 0. The third-order valence-corrected chi connectivity index (χ3v) is 10.4. The number of thioether (sulfide) groups is 1. The topological polar surface area (TPSA) is 126 Å². The van der Waals surface area contributed by atoms with Crippen molar-refractivity contribution in [3.05, 3.63) is 148 Å². The predicted molar refractivity (Wildman–Crippen MR) is 202 cm³/mol. The van der Waals surface area contributed by atoms with Crippen LogP contribution in [0.5, 0.6) is 0 Å². The van der Waals surface area contributed by atoms with Crippen molar-refractivity contribution in [2.75, 3.05) is 23.0 Å². The Balaban J connectivity index is 1.12. The molecule has 3 aromatic carbocycles. The Kier molecular flexibility index (Phi) is 11.7. The van der Waals surface area contributed by atoms with E-state index in [1.54, 1.807) is 86.1 Å². The average molecular weight is 717 g/mol. The maximum absolute atomic E-state index is 13.5. The van der Waals surface area contributed by atoms with Crippen molar-refractivity contribution in [3.63, 3.8) is 0 Å². The van der Waals surface area contributed by atoms with Crippen LogP contribution < -0.4 is 16.0 Å². The molecule has 0 aliphatic heterocycles. The van der Waals surface area contributed by atoms with Crippen LogP contribution in [0.1, 0.15) is 61.5 Å². The second kappa shape index (κ2) is 16.9. The standard InChI is InChI=1S/C40H36N4O5S2/c1-2-49-40(48)36-32-19-18-29(27-12-5-3-6-13-27)22-34(32)51-39(36)44-35(45)25-50-31-17-9-16-30(23-31)42-38(47)33(21-26-11-10-20-41-24-26)43-37(46)28-14-7-4-8-15-28/h3-17,20-21,23-24,29H,2,18-19,22,25H2,1H3,(H,42,47)(H,43,46)(H,44,45)/b33-21-. The quantitative estimate of drug-likeness (QED) is 0.0685. The van der Waals surface area contributed by atoms with Crippen LogP contribution in [-0.2, 0) is 27.2 Å². The Morgan fingerprint density at radius 1 is 0.941 bits per heavy atom. The number of esters is 1. The lowest BCUT2D eigenvalue weighted by Crippen LogP contribution is -2.30. The number of anilines is 2. The first-order chi connectivity index (χ1) is 24.9. The number of amides is 3.